The highest BCUT2D eigenvalue weighted by Crippen LogP contribution is 2.42. The van der Waals surface area contributed by atoms with Gasteiger partial charge in [-0.3, -0.25) is 14.7 Å². The molecule has 1 atom stereocenters. The van der Waals surface area contributed by atoms with E-state index in [0.29, 0.717) is 23.6 Å². The maximum atomic E-state index is 13.6. The summed E-state index contributed by atoms with van der Waals surface area (Å²) in [6.07, 6.45) is 3.42. The zero-order chi connectivity index (χ0) is 22.6. The van der Waals surface area contributed by atoms with Gasteiger partial charge in [0.25, 0.3) is 0 Å². The number of fused-ring (bicyclic) bond motifs is 1. The van der Waals surface area contributed by atoms with Gasteiger partial charge in [0.1, 0.15) is 5.70 Å². The van der Waals surface area contributed by atoms with Crippen LogP contribution in [0.1, 0.15) is 23.7 Å². The zero-order valence-corrected chi connectivity index (χ0v) is 19.4. The van der Waals surface area contributed by atoms with Crippen molar-refractivity contribution >= 4 is 35.4 Å². The summed E-state index contributed by atoms with van der Waals surface area (Å²) in [7, 11) is 0. The first kappa shape index (κ1) is 21.8. The van der Waals surface area contributed by atoms with E-state index in [4.69, 9.17) is 4.74 Å². The molecule has 1 fully saturated rings. The monoisotopic (exact) mass is 474 g/mol. The van der Waals surface area contributed by atoms with Crippen molar-refractivity contribution in [3.05, 3.63) is 108 Å². The van der Waals surface area contributed by atoms with Crippen LogP contribution in [0, 0.1) is 0 Å². The lowest BCUT2D eigenvalue weighted by Crippen LogP contribution is -2.54. The Morgan fingerprint density at radius 1 is 1.03 bits per heavy atom. The number of amides is 1. The van der Waals surface area contributed by atoms with E-state index in [1.165, 1.54) is 0 Å². The van der Waals surface area contributed by atoms with Gasteiger partial charge in [-0.1, -0.05) is 60.7 Å². The number of rotatable bonds is 7. The topological polar surface area (TPSA) is 59.5 Å². The highest BCUT2D eigenvalue weighted by Gasteiger charge is 2.46. The van der Waals surface area contributed by atoms with Gasteiger partial charge >= 0.3 is 5.97 Å². The van der Waals surface area contributed by atoms with Crippen LogP contribution in [0.3, 0.4) is 0 Å². The molecule has 3 aromatic rings. The average Bonchev–Trinajstić information content (AvgIpc) is 2.87. The van der Waals surface area contributed by atoms with Crippen LogP contribution in [0.25, 0.3) is 0 Å². The fourth-order valence-corrected chi connectivity index (χ4v) is 6.22. The molecule has 5 rings (SSSR count). The highest BCUT2D eigenvalue weighted by molar-refractivity contribution is 8.01. The number of benzene rings is 2. The quantitative estimate of drug-likeness (QED) is 0.271. The molecule has 5 nitrogen and oxygen atoms in total. The van der Waals surface area contributed by atoms with Crippen LogP contribution in [0.5, 0.6) is 0 Å². The van der Waals surface area contributed by atoms with Gasteiger partial charge in [0, 0.05) is 28.8 Å². The van der Waals surface area contributed by atoms with E-state index in [9.17, 15) is 9.59 Å². The molecule has 0 spiro atoms. The molecule has 33 heavy (non-hydrogen) atoms. The number of carbonyl (C=O) groups is 2. The van der Waals surface area contributed by atoms with Crippen molar-refractivity contribution in [2.24, 2.45) is 0 Å². The molecule has 2 aliphatic heterocycles. The summed E-state index contributed by atoms with van der Waals surface area (Å²) in [5.41, 5.74) is 3.12. The molecule has 1 amide bonds. The molecule has 1 aromatic heterocycles. The average molecular weight is 475 g/mol. The third-order valence-electron chi connectivity index (χ3n) is 5.62. The molecule has 166 valence electrons. The molecule has 0 radical (unpaired) electrons. The number of carbonyl (C=O) groups excluding carboxylic acids is 2. The minimum Gasteiger partial charge on any atom is -0.448 e. The number of β-lactam (4-membered cyclic amide) rings is 1. The Morgan fingerprint density at radius 2 is 1.67 bits per heavy atom. The van der Waals surface area contributed by atoms with Crippen molar-refractivity contribution in [2.75, 3.05) is 11.5 Å². The fraction of sp³-hybridized carbons (Fsp3) is 0.192. The number of nitrogens with zero attached hydrogens (tertiary/aromatic N) is 2. The largest absolute Gasteiger partial charge is 0.448 e. The zero-order valence-electron chi connectivity index (χ0n) is 17.8. The lowest BCUT2D eigenvalue weighted by molar-refractivity contribution is -0.151. The molecule has 0 saturated carbocycles. The number of esters is 1. The van der Waals surface area contributed by atoms with Gasteiger partial charge in [0.05, 0.1) is 11.8 Å². The molecule has 1 unspecified atom stereocenters. The normalized spacial score (nSPS) is 17.5. The van der Waals surface area contributed by atoms with Crippen molar-refractivity contribution < 1.29 is 14.3 Å². The SMILES string of the molecule is O=C(OC(c1ccccc1)c1ccccc1)C1=C(CSc2ccncc2)CSC2CC(=O)N12. The Hall–Kier alpha value is -3.03. The van der Waals surface area contributed by atoms with Crippen molar-refractivity contribution in [3.63, 3.8) is 0 Å². The van der Waals surface area contributed by atoms with Crippen molar-refractivity contribution in [2.45, 2.75) is 22.8 Å². The second-order valence-corrected chi connectivity index (χ2v) is 9.98. The molecule has 7 heteroatoms. The number of aromatic nitrogens is 1. The lowest BCUT2D eigenvalue weighted by Gasteiger charge is -2.44. The van der Waals surface area contributed by atoms with Gasteiger partial charge in [0.15, 0.2) is 6.10 Å². The Kier molecular flexibility index (Phi) is 6.51. The van der Waals surface area contributed by atoms with Gasteiger partial charge < -0.3 is 4.74 Å². The molecular formula is C26H22N2O3S2. The predicted octanol–water partition coefficient (Wildman–Crippen LogP) is 5.07. The third-order valence-corrected chi connectivity index (χ3v) is 7.99. The Labute approximate surface area is 201 Å². The Balaban J connectivity index is 1.46. The summed E-state index contributed by atoms with van der Waals surface area (Å²) >= 11 is 3.34. The van der Waals surface area contributed by atoms with Crippen molar-refractivity contribution in [3.8, 4) is 0 Å². The number of hydrogen-bond acceptors (Lipinski definition) is 6. The van der Waals surface area contributed by atoms with Crippen LogP contribution in [0.15, 0.2) is 101 Å². The molecule has 0 aliphatic carbocycles. The standard InChI is InChI=1S/C26H22N2O3S2/c29-22-15-23-28(22)24(20(17-33-23)16-32-21-11-13-27-14-12-21)26(30)31-25(18-7-3-1-4-8-18)19-9-5-2-6-10-19/h1-14,23,25H,15-17H2. The summed E-state index contributed by atoms with van der Waals surface area (Å²) in [5, 5.41) is 0.0154. The lowest BCUT2D eigenvalue weighted by atomic mass is 10.0. The maximum Gasteiger partial charge on any atom is 0.356 e. The van der Waals surface area contributed by atoms with Gasteiger partial charge in [-0.15, -0.1) is 23.5 Å². The Bertz CT molecular complexity index is 1130. The number of thioether (sulfide) groups is 2. The predicted molar refractivity (Wildman–Crippen MR) is 131 cm³/mol. The highest BCUT2D eigenvalue weighted by atomic mass is 32.2. The van der Waals surface area contributed by atoms with Crippen LogP contribution in [0.2, 0.25) is 0 Å². The summed E-state index contributed by atoms with van der Waals surface area (Å²) < 4.78 is 6.13. The van der Waals surface area contributed by atoms with E-state index in [0.717, 1.165) is 21.6 Å². The Morgan fingerprint density at radius 3 is 2.27 bits per heavy atom. The van der Waals surface area contributed by atoms with Crippen LogP contribution in [-0.4, -0.2) is 38.6 Å². The van der Waals surface area contributed by atoms with E-state index in [1.54, 1.807) is 40.8 Å². The van der Waals surface area contributed by atoms with E-state index < -0.39 is 12.1 Å². The van der Waals surface area contributed by atoms with Crippen LogP contribution >= 0.6 is 23.5 Å². The first-order valence-electron chi connectivity index (χ1n) is 10.7. The summed E-state index contributed by atoms with van der Waals surface area (Å²) in [5.74, 6) is 0.843. The van der Waals surface area contributed by atoms with E-state index in [2.05, 4.69) is 4.98 Å². The molecule has 2 aliphatic rings. The second kappa shape index (κ2) is 9.85. The van der Waals surface area contributed by atoms with E-state index in [-0.39, 0.29) is 11.3 Å². The molecular weight excluding hydrogens is 452 g/mol. The summed E-state index contributed by atoms with van der Waals surface area (Å²) in [6, 6.07) is 23.3. The fourth-order valence-electron chi connectivity index (χ4n) is 3.93. The van der Waals surface area contributed by atoms with Gasteiger partial charge in [0.2, 0.25) is 5.91 Å². The molecule has 3 heterocycles. The number of pyridine rings is 1. The molecule has 1 saturated heterocycles. The maximum absolute atomic E-state index is 13.6. The number of ether oxygens (including phenoxy) is 1. The van der Waals surface area contributed by atoms with E-state index >= 15 is 0 Å². The minimum atomic E-state index is -0.550. The smallest absolute Gasteiger partial charge is 0.356 e. The van der Waals surface area contributed by atoms with Crippen LogP contribution in [0.4, 0.5) is 0 Å². The van der Waals surface area contributed by atoms with Crippen LogP contribution < -0.4 is 0 Å². The summed E-state index contributed by atoms with van der Waals surface area (Å²) in [4.78, 5) is 32.8. The van der Waals surface area contributed by atoms with Gasteiger partial charge in [-0.2, -0.15) is 0 Å². The molecule has 0 bridgehead atoms. The van der Waals surface area contributed by atoms with Crippen LogP contribution in [-0.2, 0) is 14.3 Å². The van der Waals surface area contributed by atoms with Gasteiger partial charge in [-0.25, -0.2) is 4.79 Å². The summed E-state index contributed by atoms with van der Waals surface area (Å²) in [6.45, 7) is 0. The number of hydrogen-bond donors (Lipinski definition) is 0. The minimum absolute atomic E-state index is 0.0154. The van der Waals surface area contributed by atoms with Crippen molar-refractivity contribution in [1.29, 1.82) is 0 Å². The van der Waals surface area contributed by atoms with E-state index in [1.807, 2.05) is 72.8 Å². The first-order valence-corrected chi connectivity index (χ1v) is 12.7. The van der Waals surface area contributed by atoms with Gasteiger partial charge in [-0.05, 0) is 28.8 Å². The molecule has 2 aromatic carbocycles. The first-order chi connectivity index (χ1) is 16.2. The third kappa shape index (κ3) is 4.70. The molecule has 0 N–H and O–H groups in total. The second-order valence-electron chi connectivity index (χ2n) is 7.76. The van der Waals surface area contributed by atoms with Crippen molar-refractivity contribution in [1.82, 2.24) is 9.88 Å².